The first-order valence-corrected chi connectivity index (χ1v) is 6.52. The summed E-state index contributed by atoms with van der Waals surface area (Å²) < 4.78 is 0. The topological polar surface area (TPSA) is 12.0 Å². The molecule has 0 aliphatic rings. The molecule has 0 bridgehead atoms. The molecule has 0 atom stereocenters. The summed E-state index contributed by atoms with van der Waals surface area (Å²) in [5, 5.41) is 6.62. The summed E-state index contributed by atoms with van der Waals surface area (Å²) in [4.78, 5) is 1.07. The van der Waals surface area contributed by atoms with Crippen molar-refractivity contribution in [3.63, 3.8) is 0 Å². The minimum Gasteiger partial charge on any atom is -0.316 e. The van der Waals surface area contributed by atoms with Crippen LogP contribution in [-0.4, -0.2) is 7.05 Å². The van der Waals surface area contributed by atoms with Gasteiger partial charge in [0.1, 0.15) is 0 Å². The van der Waals surface area contributed by atoms with E-state index in [9.17, 15) is 0 Å². The van der Waals surface area contributed by atoms with Crippen molar-refractivity contribution in [2.45, 2.75) is 6.54 Å². The number of rotatable bonds is 3. The fourth-order valence-electron chi connectivity index (χ4n) is 1.52. The molecule has 1 aromatic carbocycles. The highest BCUT2D eigenvalue weighted by atomic mass is 35.5. The number of hydrogen-bond donors (Lipinski definition) is 1. The van der Waals surface area contributed by atoms with Crippen molar-refractivity contribution >= 4 is 34.5 Å². The van der Waals surface area contributed by atoms with Gasteiger partial charge < -0.3 is 5.32 Å². The SMILES string of the molecule is CNCc1ccc(-c2sccc2Cl)cc1Cl. The van der Waals surface area contributed by atoms with Crippen molar-refractivity contribution in [3.05, 3.63) is 45.3 Å². The van der Waals surface area contributed by atoms with Gasteiger partial charge in [0.15, 0.2) is 0 Å². The van der Waals surface area contributed by atoms with Crippen LogP contribution in [0.25, 0.3) is 10.4 Å². The molecule has 16 heavy (non-hydrogen) atoms. The molecule has 0 aliphatic heterocycles. The molecular formula is C12H11Cl2NS. The molecule has 1 N–H and O–H groups in total. The van der Waals surface area contributed by atoms with E-state index >= 15 is 0 Å². The third-order valence-electron chi connectivity index (χ3n) is 2.30. The van der Waals surface area contributed by atoms with Crippen LogP contribution in [0.1, 0.15) is 5.56 Å². The summed E-state index contributed by atoms with van der Waals surface area (Å²) in [6.07, 6.45) is 0. The van der Waals surface area contributed by atoms with Gasteiger partial charge in [0.2, 0.25) is 0 Å². The zero-order valence-electron chi connectivity index (χ0n) is 8.76. The highest BCUT2D eigenvalue weighted by Gasteiger charge is 2.07. The van der Waals surface area contributed by atoms with E-state index in [1.54, 1.807) is 11.3 Å². The molecule has 84 valence electrons. The monoisotopic (exact) mass is 271 g/mol. The van der Waals surface area contributed by atoms with Gasteiger partial charge >= 0.3 is 0 Å². The van der Waals surface area contributed by atoms with Crippen molar-refractivity contribution in [1.29, 1.82) is 0 Å². The van der Waals surface area contributed by atoms with Crippen LogP contribution in [0.2, 0.25) is 10.0 Å². The van der Waals surface area contributed by atoms with Gasteiger partial charge in [0, 0.05) is 11.6 Å². The van der Waals surface area contributed by atoms with Crippen LogP contribution in [0.15, 0.2) is 29.6 Å². The van der Waals surface area contributed by atoms with Gasteiger partial charge in [-0.3, -0.25) is 0 Å². The molecule has 4 heteroatoms. The average Bonchev–Trinajstić information content (AvgIpc) is 2.68. The zero-order valence-corrected chi connectivity index (χ0v) is 11.1. The largest absolute Gasteiger partial charge is 0.316 e. The van der Waals surface area contributed by atoms with Crippen molar-refractivity contribution in [2.75, 3.05) is 7.05 Å². The lowest BCUT2D eigenvalue weighted by Crippen LogP contribution is -2.05. The first kappa shape index (κ1) is 11.9. The molecule has 1 aromatic heterocycles. The van der Waals surface area contributed by atoms with Crippen LogP contribution in [0.4, 0.5) is 0 Å². The molecule has 1 heterocycles. The summed E-state index contributed by atoms with van der Waals surface area (Å²) in [6.45, 7) is 0.775. The fourth-order valence-corrected chi connectivity index (χ4v) is 2.93. The average molecular weight is 272 g/mol. The maximum atomic E-state index is 6.20. The summed E-state index contributed by atoms with van der Waals surface area (Å²) in [7, 11) is 1.90. The van der Waals surface area contributed by atoms with Gasteiger partial charge in [0.25, 0.3) is 0 Å². The molecule has 2 aromatic rings. The summed E-state index contributed by atoms with van der Waals surface area (Å²) in [5.41, 5.74) is 2.17. The Morgan fingerprint density at radius 3 is 2.56 bits per heavy atom. The minimum absolute atomic E-state index is 0.774. The number of nitrogens with one attached hydrogen (secondary N) is 1. The van der Waals surface area contributed by atoms with Crippen LogP contribution >= 0.6 is 34.5 Å². The second-order valence-corrected chi connectivity index (χ2v) is 5.16. The number of thiophene rings is 1. The van der Waals surface area contributed by atoms with Crippen LogP contribution in [0.3, 0.4) is 0 Å². The van der Waals surface area contributed by atoms with Gasteiger partial charge in [-0.2, -0.15) is 0 Å². The van der Waals surface area contributed by atoms with E-state index < -0.39 is 0 Å². The van der Waals surface area contributed by atoms with E-state index in [1.165, 1.54) is 0 Å². The van der Waals surface area contributed by atoms with Crippen molar-refractivity contribution in [3.8, 4) is 10.4 Å². The molecule has 0 unspecified atom stereocenters. The van der Waals surface area contributed by atoms with E-state index in [0.717, 1.165) is 32.6 Å². The Morgan fingerprint density at radius 1 is 1.19 bits per heavy atom. The molecule has 0 radical (unpaired) electrons. The number of hydrogen-bond acceptors (Lipinski definition) is 2. The van der Waals surface area contributed by atoms with Gasteiger partial charge in [-0.25, -0.2) is 0 Å². The Bertz CT molecular complexity index is 494. The van der Waals surface area contributed by atoms with Crippen molar-refractivity contribution in [2.24, 2.45) is 0 Å². The fraction of sp³-hybridized carbons (Fsp3) is 0.167. The molecule has 0 aliphatic carbocycles. The highest BCUT2D eigenvalue weighted by molar-refractivity contribution is 7.14. The Balaban J connectivity index is 2.38. The number of benzene rings is 1. The molecular weight excluding hydrogens is 261 g/mol. The van der Waals surface area contributed by atoms with Gasteiger partial charge in [-0.05, 0) is 35.7 Å². The second kappa shape index (κ2) is 5.19. The summed E-state index contributed by atoms with van der Waals surface area (Å²) >= 11 is 13.9. The first-order valence-electron chi connectivity index (χ1n) is 4.88. The minimum atomic E-state index is 0.774. The lowest BCUT2D eigenvalue weighted by Gasteiger charge is -2.06. The summed E-state index contributed by atoms with van der Waals surface area (Å²) in [6, 6.07) is 7.95. The predicted octanol–water partition coefficient (Wildman–Crippen LogP) is 4.44. The third kappa shape index (κ3) is 2.41. The molecule has 0 saturated carbocycles. The van der Waals surface area contributed by atoms with Gasteiger partial charge in [-0.1, -0.05) is 35.3 Å². The number of halogens is 2. The molecule has 0 saturated heterocycles. The maximum Gasteiger partial charge on any atom is 0.0592 e. The lowest BCUT2D eigenvalue weighted by molar-refractivity contribution is 0.818. The van der Waals surface area contributed by atoms with Crippen LogP contribution in [0.5, 0.6) is 0 Å². The smallest absolute Gasteiger partial charge is 0.0592 e. The predicted molar refractivity (Wildman–Crippen MR) is 72.5 cm³/mol. The van der Waals surface area contributed by atoms with Crippen LogP contribution in [-0.2, 0) is 6.54 Å². The molecule has 0 spiro atoms. The standard InChI is InChI=1S/C12H11Cl2NS/c1-15-7-9-3-2-8(6-11(9)14)12-10(13)4-5-16-12/h2-6,15H,7H2,1H3. The highest BCUT2D eigenvalue weighted by Crippen LogP contribution is 2.35. The maximum absolute atomic E-state index is 6.20. The zero-order chi connectivity index (χ0) is 11.5. The van der Waals surface area contributed by atoms with E-state index in [1.807, 2.05) is 30.6 Å². The Kier molecular flexibility index (Phi) is 3.87. The van der Waals surface area contributed by atoms with E-state index in [-0.39, 0.29) is 0 Å². The van der Waals surface area contributed by atoms with Crippen molar-refractivity contribution in [1.82, 2.24) is 5.32 Å². The van der Waals surface area contributed by atoms with Crippen LogP contribution in [0, 0.1) is 0 Å². The lowest BCUT2D eigenvalue weighted by atomic mass is 10.1. The van der Waals surface area contributed by atoms with Gasteiger partial charge in [0.05, 0.1) is 9.90 Å². The quantitative estimate of drug-likeness (QED) is 0.870. The van der Waals surface area contributed by atoms with E-state index in [2.05, 4.69) is 11.4 Å². The molecule has 0 fully saturated rings. The summed E-state index contributed by atoms with van der Waals surface area (Å²) in [5.74, 6) is 0. The third-order valence-corrected chi connectivity index (χ3v) is 4.04. The van der Waals surface area contributed by atoms with Crippen LogP contribution < -0.4 is 5.32 Å². The Hall–Kier alpha value is -0.540. The van der Waals surface area contributed by atoms with E-state index in [4.69, 9.17) is 23.2 Å². The van der Waals surface area contributed by atoms with Crippen molar-refractivity contribution < 1.29 is 0 Å². The molecule has 0 amide bonds. The second-order valence-electron chi connectivity index (χ2n) is 3.43. The Morgan fingerprint density at radius 2 is 2.00 bits per heavy atom. The molecule has 2 rings (SSSR count). The molecule has 1 nitrogen and oxygen atoms in total. The van der Waals surface area contributed by atoms with Gasteiger partial charge in [-0.15, -0.1) is 11.3 Å². The first-order chi connectivity index (χ1) is 7.72. The van der Waals surface area contributed by atoms with E-state index in [0.29, 0.717) is 0 Å². The normalized spacial score (nSPS) is 10.7. The Labute approximate surface area is 109 Å².